The number of ether oxygens (including phenoxy) is 3. The van der Waals surface area contributed by atoms with Crippen LogP contribution in [-0.2, 0) is 22.4 Å². The summed E-state index contributed by atoms with van der Waals surface area (Å²) in [4.78, 5) is 25.7. The highest BCUT2D eigenvalue weighted by atomic mass is 19.4. The fourth-order valence-corrected chi connectivity index (χ4v) is 6.59. The second kappa shape index (κ2) is 20.9. The number of aryl methyl sites for hydroxylation is 1. The molecule has 0 heterocycles. The molecule has 5 nitrogen and oxygen atoms in total. The minimum atomic E-state index is -4.58. The maximum atomic E-state index is 13.6. The Hall–Kier alpha value is -3.81. The molecule has 0 fully saturated rings. The summed E-state index contributed by atoms with van der Waals surface area (Å²) >= 11 is 0. The number of halogens is 3. The SMILES string of the molecule is CCCCCCCCCCCOc1ccc(-c2ccc(C(=O)Oc3ccc4c(c3)CCC(C(=O)OC(CCCCCC)C(F)(F)F)C4)cc2)cc1. The smallest absolute Gasteiger partial charge is 0.425 e. The van der Waals surface area contributed by atoms with Crippen molar-refractivity contribution in [2.45, 2.75) is 135 Å². The molecule has 1 aliphatic rings. The van der Waals surface area contributed by atoms with Crippen molar-refractivity contribution in [1.29, 1.82) is 0 Å². The van der Waals surface area contributed by atoms with Gasteiger partial charge >= 0.3 is 18.1 Å². The molecule has 0 bridgehead atoms. The summed E-state index contributed by atoms with van der Waals surface area (Å²) in [5, 5.41) is 0. The van der Waals surface area contributed by atoms with Crippen LogP contribution in [0.3, 0.4) is 0 Å². The van der Waals surface area contributed by atoms with Crippen molar-refractivity contribution < 1.29 is 37.0 Å². The predicted molar refractivity (Wildman–Crippen MR) is 196 cm³/mol. The van der Waals surface area contributed by atoms with Gasteiger partial charge < -0.3 is 14.2 Å². The molecule has 0 amide bonds. The minimum Gasteiger partial charge on any atom is -0.494 e. The lowest BCUT2D eigenvalue weighted by atomic mass is 9.84. The Morgan fingerprint density at radius 2 is 1.27 bits per heavy atom. The van der Waals surface area contributed by atoms with Crippen molar-refractivity contribution in [1.82, 2.24) is 0 Å². The van der Waals surface area contributed by atoms with E-state index in [9.17, 15) is 22.8 Å². The average Bonchev–Trinajstić information content (AvgIpc) is 3.13. The molecule has 0 saturated carbocycles. The Balaban J connectivity index is 1.21. The third kappa shape index (κ3) is 13.4. The van der Waals surface area contributed by atoms with Crippen LogP contribution in [0.5, 0.6) is 11.5 Å². The van der Waals surface area contributed by atoms with Crippen molar-refractivity contribution in [3.05, 3.63) is 83.4 Å². The monoisotopic (exact) mass is 708 g/mol. The molecule has 51 heavy (non-hydrogen) atoms. The highest BCUT2D eigenvalue weighted by Gasteiger charge is 2.43. The van der Waals surface area contributed by atoms with Gasteiger partial charge in [0.2, 0.25) is 0 Å². The summed E-state index contributed by atoms with van der Waals surface area (Å²) in [5.41, 5.74) is 4.15. The van der Waals surface area contributed by atoms with Gasteiger partial charge in [0.05, 0.1) is 18.1 Å². The van der Waals surface area contributed by atoms with E-state index < -0.39 is 30.1 Å². The van der Waals surface area contributed by atoms with Gasteiger partial charge in [-0.1, -0.05) is 115 Å². The van der Waals surface area contributed by atoms with Crippen LogP contribution < -0.4 is 9.47 Å². The number of rotatable bonds is 21. The van der Waals surface area contributed by atoms with Gasteiger partial charge in [-0.3, -0.25) is 4.79 Å². The van der Waals surface area contributed by atoms with Gasteiger partial charge in [-0.25, -0.2) is 4.79 Å². The summed E-state index contributed by atoms with van der Waals surface area (Å²) in [6.07, 6.45) is 8.61. The lowest BCUT2D eigenvalue weighted by Crippen LogP contribution is -2.37. The van der Waals surface area contributed by atoms with E-state index in [-0.39, 0.29) is 12.8 Å². The Morgan fingerprint density at radius 3 is 1.90 bits per heavy atom. The molecule has 0 spiro atoms. The number of fused-ring (bicyclic) bond motifs is 1. The highest BCUT2D eigenvalue weighted by Crippen LogP contribution is 2.33. The molecule has 0 N–H and O–H groups in total. The summed E-state index contributed by atoms with van der Waals surface area (Å²) in [5.74, 6) is -0.700. The van der Waals surface area contributed by atoms with Crippen LogP contribution in [0.2, 0.25) is 0 Å². The molecule has 3 aromatic rings. The molecular weight excluding hydrogens is 653 g/mol. The van der Waals surface area contributed by atoms with E-state index in [0.29, 0.717) is 37.0 Å². The number of hydrogen-bond donors (Lipinski definition) is 0. The van der Waals surface area contributed by atoms with E-state index in [4.69, 9.17) is 14.2 Å². The number of unbranched alkanes of at least 4 members (excludes halogenated alkanes) is 11. The number of alkyl halides is 3. The lowest BCUT2D eigenvalue weighted by molar-refractivity contribution is -0.225. The normalized spacial score (nSPS) is 14.8. The van der Waals surface area contributed by atoms with Crippen molar-refractivity contribution >= 4 is 11.9 Å². The standard InChI is InChI=1S/C43H55F3O5/c1-3-5-7-9-10-11-12-13-15-29-49-38-26-23-33(24-27-38)32-17-19-34(20-18-32)41(47)50-39-28-25-35-30-37(22-21-36(35)31-39)42(48)51-40(43(44,45)46)16-14-8-6-4-2/h17-20,23-28,31,37,40H,3-16,21-22,29-30H2,1-2H3. The van der Waals surface area contributed by atoms with Gasteiger partial charge in [0.1, 0.15) is 11.5 Å². The topological polar surface area (TPSA) is 61.8 Å². The Bertz CT molecular complexity index is 1480. The molecule has 0 aliphatic heterocycles. The Labute approximate surface area is 302 Å². The molecular formula is C43H55F3O5. The fraction of sp³-hybridized carbons (Fsp3) is 0.535. The zero-order valence-corrected chi connectivity index (χ0v) is 30.4. The van der Waals surface area contributed by atoms with Crippen molar-refractivity contribution in [2.75, 3.05) is 6.61 Å². The van der Waals surface area contributed by atoms with Crippen LogP contribution in [0.4, 0.5) is 13.2 Å². The summed E-state index contributed by atoms with van der Waals surface area (Å²) in [6, 6.07) is 20.4. The van der Waals surface area contributed by atoms with Gasteiger partial charge in [-0.05, 0) is 97.2 Å². The first-order valence-corrected chi connectivity index (χ1v) is 19.1. The van der Waals surface area contributed by atoms with Gasteiger partial charge in [0, 0.05) is 0 Å². The summed E-state index contributed by atoms with van der Waals surface area (Å²) in [7, 11) is 0. The third-order valence-electron chi connectivity index (χ3n) is 9.72. The van der Waals surface area contributed by atoms with Crippen LogP contribution >= 0.6 is 0 Å². The van der Waals surface area contributed by atoms with Crippen molar-refractivity contribution in [3.8, 4) is 22.6 Å². The zero-order chi connectivity index (χ0) is 36.5. The van der Waals surface area contributed by atoms with E-state index in [1.54, 1.807) is 30.3 Å². The van der Waals surface area contributed by atoms with E-state index in [2.05, 4.69) is 6.92 Å². The molecule has 3 aromatic carbocycles. The van der Waals surface area contributed by atoms with Gasteiger partial charge in [-0.15, -0.1) is 0 Å². The lowest BCUT2D eigenvalue weighted by Gasteiger charge is -2.27. The van der Waals surface area contributed by atoms with Gasteiger partial charge in [0.25, 0.3) is 0 Å². The molecule has 1 aliphatic carbocycles. The number of carbonyl (C=O) groups is 2. The van der Waals surface area contributed by atoms with E-state index in [1.165, 1.54) is 51.4 Å². The first-order chi connectivity index (χ1) is 24.7. The quantitative estimate of drug-likeness (QED) is 0.0626. The van der Waals surface area contributed by atoms with Crippen LogP contribution in [0.25, 0.3) is 11.1 Å². The molecule has 4 rings (SSSR count). The fourth-order valence-electron chi connectivity index (χ4n) is 6.59. The van der Waals surface area contributed by atoms with Crippen molar-refractivity contribution in [2.24, 2.45) is 5.92 Å². The second-order valence-corrected chi connectivity index (χ2v) is 13.9. The highest BCUT2D eigenvalue weighted by molar-refractivity contribution is 5.91. The van der Waals surface area contributed by atoms with Gasteiger partial charge in [0.15, 0.2) is 6.10 Å². The molecule has 2 unspecified atom stereocenters. The molecule has 278 valence electrons. The molecule has 8 heteroatoms. The van der Waals surface area contributed by atoms with Crippen LogP contribution in [0.1, 0.15) is 132 Å². The first-order valence-electron chi connectivity index (χ1n) is 19.1. The first kappa shape index (κ1) is 40.0. The van der Waals surface area contributed by atoms with Crippen LogP contribution in [0.15, 0.2) is 66.7 Å². The van der Waals surface area contributed by atoms with E-state index in [1.807, 2.05) is 43.3 Å². The predicted octanol–water partition coefficient (Wildman–Crippen LogP) is 12.0. The number of carbonyl (C=O) groups excluding carboxylic acids is 2. The van der Waals surface area contributed by atoms with Crippen molar-refractivity contribution in [3.63, 3.8) is 0 Å². The Morgan fingerprint density at radius 1 is 0.706 bits per heavy atom. The average molecular weight is 709 g/mol. The second-order valence-electron chi connectivity index (χ2n) is 13.9. The molecule has 0 radical (unpaired) electrons. The summed E-state index contributed by atoms with van der Waals surface area (Å²) in [6.45, 7) is 4.95. The zero-order valence-electron chi connectivity index (χ0n) is 30.4. The molecule has 2 atom stereocenters. The molecule has 0 saturated heterocycles. The van der Waals surface area contributed by atoms with Crippen LogP contribution in [0, 0.1) is 5.92 Å². The Kier molecular flexibility index (Phi) is 16.4. The minimum absolute atomic E-state index is 0.210. The number of hydrogen-bond acceptors (Lipinski definition) is 5. The van der Waals surface area contributed by atoms with Crippen LogP contribution in [-0.4, -0.2) is 30.8 Å². The number of esters is 2. The van der Waals surface area contributed by atoms with E-state index in [0.717, 1.165) is 53.9 Å². The third-order valence-corrected chi connectivity index (χ3v) is 9.72. The summed E-state index contributed by atoms with van der Waals surface area (Å²) < 4.78 is 57.3. The van der Waals surface area contributed by atoms with Gasteiger partial charge in [-0.2, -0.15) is 13.2 Å². The molecule has 0 aromatic heterocycles. The van der Waals surface area contributed by atoms with E-state index >= 15 is 0 Å². The maximum absolute atomic E-state index is 13.6. The largest absolute Gasteiger partial charge is 0.494 e. The number of benzene rings is 3. The maximum Gasteiger partial charge on any atom is 0.425 e.